The predicted octanol–water partition coefficient (Wildman–Crippen LogP) is 2.98. The average Bonchev–Trinajstić information content (AvgIpc) is 2.71. The van der Waals surface area contributed by atoms with Crippen molar-refractivity contribution in [3.8, 4) is 0 Å². The number of hydrogen-bond acceptors (Lipinski definition) is 5. The van der Waals surface area contributed by atoms with Crippen LogP contribution in [0.25, 0.3) is 0 Å². The summed E-state index contributed by atoms with van der Waals surface area (Å²) >= 11 is 0. The van der Waals surface area contributed by atoms with E-state index in [4.69, 9.17) is 0 Å². The summed E-state index contributed by atoms with van der Waals surface area (Å²) in [5, 5.41) is 8.48. The van der Waals surface area contributed by atoms with Gasteiger partial charge in [-0.15, -0.1) is 10.2 Å². The summed E-state index contributed by atoms with van der Waals surface area (Å²) < 4.78 is 0. The second kappa shape index (κ2) is 8.84. The molecule has 1 aromatic carbocycles. The van der Waals surface area contributed by atoms with E-state index >= 15 is 0 Å². The highest BCUT2D eigenvalue weighted by Crippen LogP contribution is 2.20. The van der Waals surface area contributed by atoms with Gasteiger partial charge in [0, 0.05) is 45.5 Å². The lowest BCUT2D eigenvalue weighted by molar-refractivity contribution is 0.0786. The lowest BCUT2D eigenvalue weighted by Crippen LogP contribution is -2.47. The first-order valence-electron chi connectivity index (χ1n) is 9.74. The summed E-state index contributed by atoms with van der Waals surface area (Å²) in [5.41, 5.74) is 2.97. The Balaban J connectivity index is 1.58. The molecule has 0 N–H and O–H groups in total. The minimum Gasteiger partial charge on any atom is -0.368 e. The van der Waals surface area contributed by atoms with Crippen molar-refractivity contribution >= 4 is 17.4 Å². The molecular weight excluding hydrogens is 338 g/mol. The van der Waals surface area contributed by atoms with Crippen molar-refractivity contribution in [2.75, 3.05) is 49.6 Å². The zero-order valence-electron chi connectivity index (χ0n) is 16.6. The molecule has 6 nitrogen and oxygen atoms in total. The van der Waals surface area contributed by atoms with Crippen LogP contribution in [0, 0.1) is 6.92 Å². The predicted molar refractivity (Wildman–Crippen MR) is 110 cm³/mol. The molecule has 1 amide bonds. The van der Waals surface area contributed by atoms with Gasteiger partial charge < -0.3 is 14.7 Å². The Bertz CT molecular complexity index is 753. The molecule has 2 aromatic rings. The number of unbranched alkanes of at least 4 members (excludes halogenated alkanes) is 1. The van der Waals surface area contributed by atoms with Crippen LogP contribution < -0.4 is 9.80 Å². The minimum absolute atomic E-state index is 0.0632. The third-order valence-electron chi connectivity index (χ3n) is 5.03. The van der Waals surface area contributed by atoms with E-state index in [1.807, 2.05) is 13.1 Å². The summed E-state index contributed by atoms with van der Waals surface area (Å²) in [6, 6.07) is 12.3. The monoisotopic (exact) mass is 367 g/mol. The van der Waals surface area contributed by atoms with Gasteiger partial charge in [-0.2, -0.15) is 0 Å². The molecule has 6 heteroatoms. The Hall–Kier alpha value is -2.63. The standard InChI is InChI=1S/C21H29N5O/c1-4-5-11-24(3)21(27)19-9-10-20(23-22-19)26-14-12-25(13-15-26)18-8-6-7-17(2)16-18/h6-10,16H,4-5,11-15H2,1-3H3. The topological polar surface area (TPSA) is 52.6 Å². The second-order valence-electron chi connectivity index (χ2n) is 7.17. The molecule has 1 aromatic heterocycles. The van der Waals surface area contributed by atoms with E-state index in [0.29, 0.717) is 5.69 Å². The van der Waals surface area contributed by atoms with Crippen LogP contribution >= 0.6 is 0 Å². The van der Waals surface area contributed by atoms with Gasteiger partial charge in [-0.05, 0) is 43.2 Å². The summed E-state index contributed by atoms with van der Waals surface area (Å²) in [5.74, 6) is 0.776. The highest BCUT2D eigenvalue weighted by molar-refractivity contribution is 5.92. The Morgan fingerprint density at radius 2 is 1.81 bits per heavy atom. The van der Waals surface area contributed by atoms with Crippen molar-refractivity contribution in [3.05, 3.63) is 47.7 Å². The minimum atomic E-state index is -0.0632. The Morgan fingerprint density at radius 3 is 2.44 bits per heavy atom. The number of amides is 1. The molecule has 0 aliphatic carbocycles. The maximum absolute atomic E-state index is 12.4. The van der Waals surface area contributed by atoms with Crippen LogP contribution in [0.1, 0.15) is 35.8 Å². The van der Waals surface area contributed by atoms with Crippen molar-refractivity contribution in [3.63, 3.8) is 0 Å². The number of hydrogen-bond donors (Lipinski definition) is 0. The first-order valence-corrected chi connectivity index (χ1v) is 9.74. The summed E-state index contributed by atoms with van der Waals surface area (Å²) in [4.78, 5) is 18.7. The maximum atomic E-state index is 12.4. The zero-order chi connectivity index (χ0) is 19.2. The number of aromatic nitrogens is 2. The van der Waals surface area contributed by atoms with Gasteiger partial charge in [0.2, 0.25) is 0 Å². The van der Waals surface area contributed by atoms with Crippen LogP contribution in [0.4, 0.5) is 11.5 Å². The Labute approximate surface area is 161 Å². The molecule has 1 fully saturated rings. The van der Waals surface area contributed by atoms with E-state index in [0.717, 1.165) is 51.4 Å². The van der Waals surface area contributed by atoms with E-state index < -0.39 is 0 Å². The van der Waals surface area contributed by atoms with Gasteiger partial charge in [0.1, 0.15) is 0 Å². The maximum Gasteiger partial charge on any atom is 0.274 e. The number of rotatable bonds is 6. The highest BCUT2D eigenvalue weighted by atomic mass is 16.2. The van der Waals surface area contributed by atoms with E-state index in [9.17, 15) is 4.79 Å². The SMILES string of the molecule is CCCCN(C)C(=O)c1ccc(N2CCN(c3cccc(C)c3)CC2)nn1. The molecule has 1 aliphatic rings. The number of carbonyl (C=O) groups is 1. The fourth-order valence-corrected chi connectivity index (χ4v) is 3.32. The van der Waals surface area contributed by atoms with Crippen molar-refractivity contribution < 1.29 is 4.79 Å². The van der Waals surface area contributed by atoms with Crippen molar-refractivity contribution in [2.45, 2.75) is 26.7 Å². The van der Waals surface area contributed by atoms with Gasteiger partial charge >= 0.3 is 0 Å². The van der Waals surface area contributed by atoms with Crippen LogP contribution in [0.15, 0.2) is 36.4 Å². The largest absolute Gasteiger partial charge is 0.368 e. The number of nitrogens with zero attached hydrogens (tertiary/aromatic N) is 5. The molecule has 1 saturated heterocycles. The number of aryl methyl sites for hydroxylation is 1. The molecule has 0 spiro atoms. The molecular formula is C21H29N5O. The van der Waals surface area contributed by atoms with Crippen molar-refractivity contribution in [2.24, 2.45) is 0 Å². The van der Waals surface area contributed by atoms with Gasteiger partial charge in [0.15, 0.2) is 11.5 Å². The number of anilines is 2. The van der Waals surface area contributed by atoms with E-state index in [1.54, 1.807) is 11.0 Å². The highest BCUT2D eigenvalue weighted by Gasteiger charge is 2.20. The molecule has 1 aliphatic heterocycles. The number of benzene rings is 1. The molecule has 0 saturated carbocycles. The molecule has 0 bridgehead atoms. The van der Waals surface area contributed by atoms with Crippen LogP contribution in [-0.2, 0) is 0 Å². The zero-order valence-corrected chi connectivity index (χ0v) is 16.6. The average molecular weight is 367 g/mol. The van der Waals surface area contributed by atoms with E-state index in [2.05, 4.69) is 58.1 Å². The van der Waals surface area contributed by atoms with Crippen LogP contribution in [-0.4, -0.2) is 60.8 Å². The fourth-order valence-electron chi connectivity index (χ4n) is 3.32. The Morgan fingerprint density at radius 1 is 1.07 bits per heavy atom. The van der Waals surface area contributed by atoms with Crippen molar-refractivity contribution in [1.82, 2.24) is 15.1 Å². The van der Waals surface area contributed by atoms with Crippen molar-refractivity contribution in [1.29, 1.82) is 0 Å². The first kappa shape index (κ1) is 19.1. The first-order chi connectivity index (χ1) is 13.1. The molecule has 144 valence electrons. The van der Waals surface area contributed by atoms with Gasteiger partial charge in [0.25, 0.3) is 5.91 Å². The number of piperazine rings is 1. The molecule has 0 unspecified atom stereocenters. The molecule has 3 rings (SSSR count). The lowest BCUT2D eigenvalue weighted by atomic mass is 10.2. The van der Waals surface area contributed by atoms with Crippen LogP contribution in [0.3, 0.4) is 0 Å². The van der Waals surface area contributed by atoms with E-state index in [1.165, 1.54) is 11.3 Å². The third-order valence-corrected chi connectivity index (χ3v) is 5.03. The fraction of sp³-hybridized carbons (Fsp3) is 0.476. The molecule has 0 radical (unpaired) electrons. The molecule has 0 atom stereocenters. The third kappa shape index (κ3) is 4.76. The summed E-state index contributed by atoms with van der Waals surface area (Å²) in [6.45, 7) is 8.68. The smallest absolute Gasteiger partial charge is 0.274 e. The molecule has 27 heavy (non-hydrogen) atoms. The van der Waals surface area contributed by atoms with E-state index in [-0.39, 0.29) is 5.91 Å². The lowest BCUT2D eigenvalue weighted by Gasteiger charge is -2.36. The van der Waals surface area contributed by atoms with Gasteiger partial charge in [0.05, 0.1) is 0 Å². The van der Waals surface area contributed by atoms with Gasteiger partial charge in [-0.25, -0.2) is 0 Å². The van der Waals surface area contributed by atoms with Crippen LogP contribution in [0.2, 0.25) is 0 Å². The quantitative estimate of drug-likeness (QED) is 0.786. The van der Waals surface area contributed by atoms with Crippen LogP contribution in [0.5, 0.6) is 0 Å². The normalized spacial score (nSPS) is 14.3. The second-order valence-corrected chi connectivity index (χ2v) is 7.17. The molecule has 2 heterocycles. The summed E-state index contributed by atoms with van der Waals surface area (Å²) in [6.07, 6.45) is 2.07. The number of carbonyl (C=O) groups excluding carboxylic acids is 1. The van der Waals surface area contributed by atoms with Gasteiger partial charge in [-0.1, -0.05) is 25.5 Å². The summed E-state index contributed by atoms with van der Waals surface area (Å²) in [7, 11) is 1.82. The van der Waals surface area contributed by atoms with Gasteiger partial charge in [-0.3, -0.25) is 4.79 Å². The Kier molecular flexibility index (Phi) is 6.27.